The summed E-state index contributed by atoms with van der Waals surface area (Å²) in [7, 11) is 0. The zero-order valence-corrected chi connectivity index (χ0v) is 9.57. The Bertz CT molecular complexity index is 403. The van der Waals surface area contributed by atoms with E-state index >= 15 is 0 Å². The van der Waals surface area contributed by atoms with E-state index in [1.807, 2.05) is 18.3 Å². The minimum Gasteiger partial charge on any atom is -0.387 e. The highest BCUT2D eigenvalue weighted by molar-refractivity contribution is 7.09. The van der Waals surface area contributed by atoms with Crippen molar-refractivity contribution in [1.82, 2.24) is 4.57 Å². The minimum absolute atomic E-state index is 0.386. The molecule has 0 radical (unpaired) electrons. The van der Waals surface area contributed by atoms with Gasteiger partial charge in [-0.05, 0) is 36.9 Å². The second kappa shape index (κ2) is 4.64. The number of aliphatic hydroxyl groups is 1. The molecule has 0 aromatic carbocycles. The molecule has 2 heterocycles. The van der Waals surface area contributed by atoms with Crippen LogP contribution < -0.4 is 0 Å². The first-order valence-electron chi connectivity index (χ1n) is 5.13. The van der Waals surface area contributed by atoms with Crippen LogP contribution in [0.5, 0.6) is 0 Å². The van der Waals surface area contributed by atoms with E-state index in [1.54, 1.807) is 18.3 Å². The third-order valence-electron chi connectivity index (χ3n) is 2.47. The average molecular weight is 221 g/mol. The molecule has 2 nitrogen and oxygen atoms in total. The number of aliphatic hydroxyl groups excluding tert-OH is 1. The zero-order chi connectivity index (χ0) is 10.7. The number of hydrogen-bond acceptors (Lipinski definition) is 2. The first-order valence-corrected chi connectivity index (χ1v) is 6.01. The van der Waals surface area contributed by atoms with Gasteiger partial charge in [-0.3, -0.25) is 0 Å². The first kappa shape index (κ1) is 10.5. The van der Waals surface area contributed by atoms with Crippen molar-refractivity contribution in [2.75, 3.05) is 0 Å². The number of nitrogens with zero attached hydrogens (tertiary/aromatic N) is 1. The Morgan fingerprint density at radius 1 is 1.40 bits per heavy atom. The summed E-state index contributed by atoms with van der Waals surface area (Å²) in [6.45, 7) is 2.74. The fraction of sp³-hybridized carbons (Fsp3) is 0.333. The Kier molecular flexibility index (Phi) is 3.23. The summed E-state index contributed by atoms with van der Waals surface area (Å²) >= 11 is 1.78. The highest BCUT2D eigenvalue weighted by Gasteiger charge is 2.06. The molecule has 0 aliphatic heterocycles. The van der Waals surface area contributed by atoms with Gasteiger partial charge in [-0.25, -0.2) is 0 Å². The molecular formula is C12H15NOS. The van der Waals surface area contributed by atoms with Gasteiger partial charge in [0.15, 0.2) is 0 Å². The van der Waals surface area contributed by atoms with Crippen molar-refractivity contribution in [2.45, 2.75) is 26.0 Å². The molecule has 0 amide bonds. The second-order valence-electron chi connectivity index (χ2n) is 3.63. The van der Waals surface area contributed by atoms with E-state index in [4.69, 9.17) is 0 Å². The molecule has 1 atom stereocenters. The van der Waals surface area contributed by atoms with Gasteiger partial charge < -0.3 is 9.67 Å². The Hall–Kier alpha value is -1.06. The van der Waals surface area contributed by atoms with Crippen molar-refractivity contribution in [3.8, 4) is 0 Å². The lowest BCUT2D eigenvalue weighted by atomic mass is 10.3. The van der Waals surface area contributed by atoms with Crippen LogP contribution in [0.3, 0.4) is 0 Å². The standard InChI is InChI=1S/C12H15NOS/c1-10(14)12-5-2-7-13(12)8-6-11-4-3-9-15-11/h2-5,7,9-10,14H,6,8H2,1H3. The van der Waals surface area contributed by atoms with Gasteiger partial charge in [0.2, 0.25) is 0 Å². The molecule has 0 aliphatic carbocycles. The van der Waals surface area contributed by atoms with Crippen LogP contribution in [0.1, 0.15) is 23.6 Å². The Balaban J connectivity index is 2.02. The van der Waals surface area contributed by atoms with E-state index in [-0.39, 0.29) is 6.10 Å². The van der Waals surface area contributed by atoms with Crippen LogP contribution in [-0.2, 0) is 13.0 Å². The van der Waals surface area contributed by atoms with Gasteiger partial charge in [-0.15, -0.1) is 11.3 Å². The highest BCUT2D eigenvalue weighted by Crippen LogP contribution is 2.15. The Labute approximate surface area is 93.8 Å². The summed E-state index contributed by atoms with van der Waals surface area (Å²) in [5.41, 5.74) is 0.992. The number of rotatable bonds is 4. The highest BCUT2D eigenvalue weighted by atomic mass is 32.1. The molecule has 15 heavy (non-hydrogen) atoms. The molecule has 0 saturated heterocycles. The topological polar surface area (TPSA) is 25.2 Å². The molecule has 0 bridgehead atoms. The molecule has 3 heteroatoms. The summed E-state index contributed by atoms with van der Waals surface area (Å²) in [5.74, 6) is 0. The van der Waals surface area contributed by atoms with E-state index in [0.717, 1.165) is 18.7 Å². The van der Waals surface area contributed by atoms with E-state index in [9.17, 15) is 5.11 Å². The molecule has 0 spiro atoms. The van der Waals surface area contributed by atoms with Crippen molar-refractivity contribution >= 4 is 11.3 Å². The summed E-state index contributed by atoms with van der Waals surface area (Å²) in [5, 5.41) is 11.6. The average Bonchev–Trinajstić information content (AvgIpc) is 2.86. The van der Waals surface area contributed by atoms with E-state index < -0.39 is 0 Å². The minimum atomic E-state index is -0.386. The maximum Gasteiger partial charge on any atom is 0.0911 e. The predicted molar refractivity (Wildman–Crippen MR) is 63.1 cm³/mol. The SMILES string of the molecule is CC(O)c1cccn1CCc1cccs1. The second-order valence-corrected chi connectivity index (χ2v) is 4.66. The molecule has 2 rings (SSSR count). The number of hydrogen-bond donors (Lipinski definition) is 1. The normalized spacial score (nSPS) is 12.9. The first-order chi connectivity index (χ1) is 7.27. The van der Waals surface area contributed by atoms with Gasteiger partial charge in [-0.1, -0.05) is 6.07 Å². The molecule has 1 unspecified atom stereocenters. The molecule has 0 fully saturated rings. The van der Waals surface area contributed by atoms with Crippen LogP contribution >= 0.6 is 11.3 Å². The largest absolute Gasteiger partial charge is 0.387 e. The molecule has 80 valence electrons. The van der Waals surface area contributed by atoms with Gasteiger partial charge in [0.05, 0.1) is 6.10 Å². The number of aromatic nitrogens is 1. The van der Waals surface area contributed by atoms with Gasteiger partial charge in [0.25, 0.3) is 0 Å². The maximum absolute atomic E-state index is 9.53. The molecule has 1 N–H and O–H groups in total. The number of aryl methyl sites for hydroxylation is 2. The van der Waals surface area contributed by atoms with Gasteiger partial charge in [0.1, 0.15) is 0 Å². The van der Waals surface area contributed by atoms with Crippen LogP contribution in [0, 0.1) is 0 Å². The van der Waals surface area contributed by atoms with Gasteiger partial charge in [-0.2, -0.15) is 0 Å². The lowest BCUT2D eigenvalue weighted by Crippen LogP contribution is -2.06. The van der Waals surface area contributed by atoms with Crippen molar-refractivity contribution in [3.05, 3.63) is 46.4 Å². The molecule has 0 saturated carbocycles. The van der Waals surface area contributed by atoms with E-state index in [2.05, 4.69) is 22.1 Å². The predicted octanol–water partition coefficient (Wildman–Crippen LogP) is 2.85. The van der Waals surface area contributed by atoms with Crippen molar-refractivity contribution in [2.24, 2.45) is 0 Å². The Morgan fingerprint density at radius 2 is 2.27 bits per heavy atom. The third kappa shape index (κ3) is 2.49. The van der Waals surface area contributed by atoms with Crippen LogP contribution in [0.25, 0.3) is 0 Å². The molecule has 0 aliphatic rings. The third-order valence-corrected chi connectivity index (χ3v) is 3.41. The van der Waals surface area contributed by atoms with E-state index in [1.165, 1.54) is 4.88 Å². The zero-order valence-electron chi connectivity index (χ0n) is 8.76. The smallest absolute Gasteiger partial charge is 0.0911 e. The van der Waals surface area contributed by atoms with Crippen LogP contribution in [0.15, 0.2) is 35.8 Å². The van der Waals surface area contributed by atoms with Crippen LogP contribution in [-0.4, -0.2) is 9.67 Å². The fourth-order valence-corrected chi connectivity index (χ4v) is 2.39. The molecule has 2 aromatic rings. The van der Waals surface area contributed by atoms with E-state index in [0.29, 0.717) is 0 Å². The van der Waals surface area contributed by atoms with Gasteiger partial charge >= 0.3 is 0 Å². The number of thiophene rings is 1. The van der Waals surface area contributed by atoms with Gasteiger partial charge in [0, 0.05) is 23.3 Å². The van der Waals surface area contributed by atoms with Crippen molar-refractivity contribution in [1.29, 1.82) is 0 Å². The lowest BCUT2D eigenvalue weighted by Gasteiger charge is -2.10. The molecular weight excluding hydrogens is 206 g/mol. The molecule has 2 aromatic heterocycles. The maximum atomic E-state index is 9.53. The Morgan fingerprint density at radius 3 is 2.93 bits per heavy atom. The summed E-state index contributed by atoms with van der Waals surface area (Å²) in [4.78, 5) is 1.39. The fourth-order valence-electron chi connectivity index (χ4n) is 1.70. The summed E-state index contributed by atoms with van der Waals surface area (Å²) in [6, 6.07) is 8.18. The quantitative estimate of drug-likeness (QED) is 0.843. The van der Waals surface area contributed by atoms with Crippen LogP contribution in [0.2, 0.25) is 0 Å². The van der Waals surface area contributed by atoms with Crippen molar-refractivity contribution < 1.29 is 5.11 Å². The summed E-state index contributed by atoms with van der Waals surface area (Å²) < 4.78 is 2.12. The monoisotopic (exact) mass is 221 g/mol. The van der Waals surface area contributed by atoms with Crippen molar-refractivity contribution in [3.63, 3.8) is 0 Å². The summed E-state index contributed by atoms with van der Waals surface area (Å²) in [6.07, 6.45) is 2.67. The van der Waals surface area contributed by atoms with Crippen LogP contribution in [0.4, 0.5) is 0 Å². The lowest BCUT2D eigenvalue weighted by molar-refractivity contribution is 0.189.